The maximum Gasteiger partial charge on any atom is 0.150 e. The van der Waals surface area contributed by atoms with E-state index in [0.717, 1.165) is 21.8 Å². The quantitative estimate of drug-likeness (QED) is 0.888. The highest BCUT2D eigenvalue weighted by Gasteiger charge is 2.08. The van der Waals surface area contributed by atoms with Gasteiger partial charge in [-0.05, 0) is 39.5 Å². The van der Waals surface area contributed by atoms with Crippen molar-refractivity contribution in [3.63, 3.8) is 0 Å². The highest BCUT2D eigenvalue weighted by molar-refractivity contribution is 9.10. The van der Waals surface area contributed by atoms with Gasteiger partial charge in [0.25, 0.3) is 0 Å². The van der Waals surface area contributed by atoms with E-state index < -0.39 is 0 Å². The first-order chi connectivity index (χ1) is 9.11. The highest BCUT2D eigenvalue weighted by atomic mass is 79.9. The van der Waals surface area contributed by atoms with E-state index in [2.05, 4.69) is 62.5 Å². The fourth-order valence-electron chi connectivity index (χ4n) is 1.74. The van der Waals surface area contributed by atoms with Crippen LogP contribution in [-0.2, 0) is 0 Å². The van der Waals surface area contributed by atoms with Crippen LogP contribution in [0.1, 0.15) is 25.3 Å². The summed E-state index contributed by atoms with van der Waals surface area (Å²) in [6.45, 7) is 4.36. The number of benzene rings is 1. The second-order valence-electron chi connectivity index (χ2n) is 4.54. The predicted octanol–water partition coefficient (Wildman–Crippen LogP) is 4.15. The third-order valence-electron chi connectivity index (χ3n) is 2.84. The minimum atomic E-state index is 0.503. The van der Waals surface area contributed by atoms with Crippen molar-refractivity contribution in [3.05, 3.63) is 40.6 Å². The molecule has 1 heterocycles. The molecule has 2 N–H and O–H groups in total. The Hall–Kier alpha value is -1.62. The lowest BCUT2D eigenvalue weighted by atomic mass is 10.0. The molecule has 100 valence electrons. The molecule has 0 aliphatic rings. The van der Waals surface area contributed by atoms with Crippen LogP contribution in [0.4, 0.5) is 17.3 Å². The van der Waals surface area contributed by atoms with Crippen molar-refractivity contribution < 1.29 is 0 Å². The molecule has 2 rings (SSSR count). The predicted molar refractivity (Wildman–Crippen MR) is 83.1 cm³/mol. The topological polar surface area (TPSA) is 49.8 Å². The van der Waals surface area contributed by atoms with E-state index in [1.165, 1.54) is 11.9 Å². The molecule has 4 nitrogen and oxygen atoms in total. The smallest absolute Gasteiger partial charge is 0.150 e. The van der Waals surface area contributed by atoms with Crippen molar-refractivity contribution in [2.75, 3.05) is 17.7 Å². The summed E-state index contributed by atoms with van der Waals surface area (Å²) < 4.78 is 0.826. The lowest BCUT2D eigenvalue weighted by Crippen LogP contribution is -2.01. The second-order valence-corrected chi connectivity index (χ2v) is 5.33. The average molecular weight is 321 g/mol. The van der Waals surface area contributed by atoms with Crippen LogP contribution >= 0.6 is 15.9 Å². The van der Waals surface area contributed by atoms with Gasteiger partial charge in [0.2, 0.25) is 0 Å². The molecule has 0 radical (unpaired) electrons. The second kappa shape index (κ2) is 6.02. The Morgan fingerprint density at radius 3 is 2.58 bits per heavy atom. The molecule has 0 aliphatic carbocycles. The van der Waals surface area contributed by atoms with Crippen LogP contribution < -0.4 is 10.6 Å². The van der Waals surface area contributed by atoms with Crippen LogP contribution in [0.5, 0.6) is 0 Å². The Bertz CT molecular complexity index is 569. The zero-order valence-electron chi connectivity index (χ0n) is 11.2. The van der Waals surface area contributed by atoms with Gasteiger partial charge in [-0.2, -0.15) is 0 Å². The number of hydrogen-bond donors (Lipinski definition) is 2. The summed E-state index contributed by atoms with van der Waals surface area (Å²) in [7, 11) is 1.83. The Kier molecular flexibility index (Phi) is 4.37. The number of halogens is 1. The Morgan fingerprint density at radius 2 is 1.89 bits per heavy atom. The highest BCUT2D eigenvalue weighted by Crippen LogP contribution is 2.29. The minimum absolute atomic E-state index is 0.503. The molecular formula is C14H17BrN4. The summed E-state index contributed by atoms with van der Waals surface area (Å²) in [6, 6.07) is 8.34. The Balaban J connectivity index is 2.28. The number of nitrogens with one attached hydrogen (secondary N) is 2. The normalized spacial score (nSPS) is 10.6. The van der Waals surface area contributed by atoms with E-state index in [1.807, 2.05) is 19.2 Å². The van der Waals surface area contributed by atoms with Gasteiger partial charge >= 0.3 is 0 Å². The van der Waals surface area contributed by atoms with Gasteiger partial charge in [0.05, 0.1) is 0 Å². The van der Waals surface area contributed by atoms with E-state index in [-0.39, 0.29) is 0 Å². The van der Waals surface area contributed by atoms with Gasteiger partial charge in [0, 0.05) is 12.7 Å². The van der Waals surface area contributed by atoms with E-state index in [1.54, 1.807) is 0 Å². The van der Waals surface area contributed by atoms with Crippen molar-refractivity contribution in [1.29, 1.82) is 0 Å². The van der Waals surface area contributed by atoms with Crippen LogP contribution in [0.15, 0.2) is 35.1 Å². The summed E-state index contributed by atoms with van der Waals surface area (Å²) in [5.74, 6) is 2.02. The number of rotatable bonds is 4. The first-order valence-electron chi connectivity index (χ1n) is 6.17. The van der Waals surface area contributed by atoms with Crippen LogP contribution in [0.2, 0.25) is 0 Å². The van der Waals surface area contributed by atoms with Gasteiger partial charge in [0.15, 0.2) is 0 Å². The summed E-state index contributed by atoms with van der Waals surface area (Å²) in [6.07, 6.45) is 1.53. The van der Waals surface area contributed by atoms with Crippen LogP contribution in [0.3, 0.4) is 0 Å². The number of nitrogens with zero attached hydrogens (tertiary/aromatic N) is 2. The molecule has 19 heavy (non-hydrogen) atoms. The molecular weight excluding hydrogens is 304 g/mol. The Morgan fingerprint density at radius 1 is 1.16 bits per heavy atom. The van der Waals surface area contributed by atoms with E-state index in [0.29, 0.717) is 5.92 Å². The average Bonchev–Trinajstić information content (AvgIpc) is 2.41. The molecule has 0 atom stereocenters. The number of hydrogen-bond acceptors (Lipinski definition) is 4. The van der Waals surface area contributed by atoms with Gasteiger partial charge in [-0.15, -0.1) is 0 Å². The van der Waals surface area contributed by atoms with Crippen LogP contribution in [-0.4, -0.2) is 17.0 Å². The number of anilines is 3. The van der Waals surface area contributed by atoms with Crippen molar-refractivity contribution in [2.24, 2.45) is 0 Å². The van der Waals surface area contributed by atoms with E-state index >= 15 is 0 Å². The maximum absolute atomic E-state index is 4.25. The van der Waals surface area contributed by atoms with Crippen LogP contribution in [0.25, 0.3) is 0 Å². The van der Waals surface area contributed by atoms with Crippen molar-refractivity contribution in [3.8, 4) is 0 Å². The molecule has 0 saturated carbocycles. The molecule has 5 heteroatoms. The third-order valence-corrected chi connectivity index (χ3v) is 3.59. The monoisotopic (exact) mass is 320 g/mol. The van der Waals surface area contributed by atoms with Crippen molar-refractivity contribution in [2.45, 2.75) is 19.8 Å². The van der Waals surface area contributed by atoms with Gasteiger partial charge in [-0.25, -0.2) is 9.97 Å². The Labute approximate surface area is 121 Å². The first kappa shape index (κ1) is 13.8. The molecule has 2 aromatic rings. The first-order valence-corrected chi connectivity index (χ1v) is 6.96. The molecule has 0 saturated heterocycles. The zero-order chi connectivity index (χ0) is 13.8. The summed E-state index contributed by atoms with van der Waals surface area (Å²) >= 11 is 3.50. The molecule has 0 unspecified atom stereocenters. The van der Waals surface area contributed by atoms with E-state index in [4.69, 9.17) is 0 Å². The minimum Gasteiger partial charge on any atom is -0.372 e. The number of aromatic nitrogens is 2. The molecule has 0 spiro atoms. The fraction of sp³-hybridized carbons (Fsp3) is 0.286. The summed E-state index contributed by atoms with van der Waals surface area (Å²) in [4.78, 5) is 8.38. The third kappa shape index (κ3) is 3.23. The molecule has 1 aromatic heterocycles. The lowest BCUT2D eigenvalue weighted by molar-refractivity contribution is 0.867. The van der Waals surface area contributed by atoms with Crippen molar-refractivity contribution in [1.82, 2.24) is 9.97 Å². The molecule has 0 amide bonds. The van der Waals surface area contributed by atoms with Gasteiger partial charge < -0.3 is 10.6 Å². The maximum atomic E-state index is 4.25. The largest absolute Gasteiger partial charge is 0.372 e. The molecule has 0 aliphatic heterocycles. The summed E-state index contributed by atoms with van der Waals surface area (Å²) in [5.41, 5.74) is 2.32. The van der Waals surface area contributed by atoms with Gasteiger partial charge in [-0.1, -0.05) is 26.0 Å². The van der Waals surface area contributed by atoms with Gasteiger partial charge in [0.1, 0.15) is 22.4 Å². The molecule has 0 bridgehead atoms. The molecule has 1 aromatic carbocycles. The zero-order valence-corrected chi connectivity index (χ0v) is 12.8. The van der Waals surface area contributed by atoms with Crippen LogP contribution in [0, 0.1) is 0 Å². The standard InChI is InChI=1S/C14H17BrN4/c1-9(2)10-5-4-6-11(7-10)19-14-12(15)13(16-3)17-8-18-14/h4-9H,1-3H3,(H2,16,17,18,19). The molecule has 0 fully saturated rings. The summed E-state index contributed by atoms with van der Waals surface area (Å²) in [5, 5.41) is 6.32. The van der Waals surface area contributed by atoms with Gasteiger partial charge in [-0.3, -0.25) is 0 Å². The SMILES string of the molecule is CNc1ncnc(Nc2cccc(C(C)C)c2)c1Br. The lowest BCUT2D eigenvalue weighted by Gasteiger charge is -2.12. The van der Waals surface area contributed by atoms with Crippen molar-refractivity contribution >= 4 is 33.3 Å². The fourth-order valence-corrected chi connectivity index (χ4v) is 2.25. The van der Waals surface area contributed by atoms with E-state index in [9.17, 15) is 0 Å².